The van der Waals surface area contributed by atoms with E-state index < -0.39 is 107 Å². The molecule has 0 aromatic heterocycles. The highest BCUT2D eigenvalue weighted by Crippen LogP contribution is 2.52. The Morgan fingerprint density at radius 3 is 0.965 bits per heavy atom. The largest absolute Gasteiger partial charge is 0.478 e. The maximum Gasteiger partial charge on any atom is 0.335 e. The molecule has 0 fully saturated rings. The van der Waals surface area contributed by atoms with Crippen molar-refractivity contribution >= 4 is 138 Å². The first kappa shape index (κ1) is 106. The van der Waals surface area contributed by atoms with E-state index in [2.05, 4.69) is 13.8 Å². The second kappa shape index (κ2) is 40.3. The third-order valence-corrected chi connectivity index (χ3v) is 29.4. The Morgan fingerprint density at radius 2 is 0.608 bits per heavy atom. The van der Waals surface area contributed by atoms with Crippen molar-refractivity contribution in [3.05, 3.63) is 386 Å². The number of carbonyl (C=O) groups excluding carboxylic acids is 4. The smallest absolute Gasteiger partial charge is 0.335 e. The SMILES string of the molecule is CC1(C)C(=O)N(Cc2c(F)cccc2Cl)c2cc(C(=O)O)ccc21.CC1(C)C(=O)N(Cc2cc(F)cc(F)c2)c2cc(C(=O)O)ccc21.CC1(C)C(=O)N(Cc2ccc(F)cc2)c2cc(C(=O)O)ccc21.CC1(C)C(=O)N(Cc2ccc(F)cc2F)c2cc(C(=O)O)ccc21.CC1(C)CN(Cc2c(F)cccc2Cl)c2cc(C(=O)O)ccc21.CC1(C)c2ccc(C(=O)O)cc2N(Cc2c(F)cccc2Cl)S1(=O)=O. The molecule has 0 aliphatic carbocycles. The average molecular weight is 2040 g/mol. The minimum Gasteiger partial charge on any atom is -0.478 e. The van der Waals surface area contributed by atoms with Gasteiger partial charge in [0.05, 0.1) is 93.5 Å². The van der Waals surface area contributed by atoms with E-state index in [9.17, 15) is 112 Å². The molecule has 12 aromatic rings. The van der Waals surface area contributed by atoms with Crippen LogP contribution in [-0.2, 0) is 100 Å². The van der Waals surface area contributed by atoms with Crippen LogP contribution in [-0.4, -0.2) is 105 Å². The quantitative estimate of drug-likeness (QED) is 0.0435. The van der Waals surface area contributed by atoms with Crippen LogP contribution in [0.1, 0.15) is 212 Å². The topological polar surface area (TPSA) is 346 Å². The van der Waals surface area contributed by atoms with Crippen LogP contribution in [0.25, 0.3) is 0 Å². The van der Waals surface area contributed by atoms with Crippen molar-refractivity contribution in [3.63, 3.8) is 0 Å². The van der Waals surface area contributed by atoms with Gasteiger partial charge in [-0.25, -0.2) is 72.3 Å². The molecule has 0 atom stereocenters. The summed E-state index contributed by atoms with van der Waals surface area (Å²) < 4.78 is 135. The molecular weight excluding hydrogens is 1950 g/mol. The summed E-state index contributed by atoms with van der Waals surface area (Å²) in [6.07, 6.45) is 0. The lowest BCUT2D eigenvalue weighted by molar-refractivity contribution is -0.122. The van der Waals surface area contributed by atoms with Crippen molar-refractivity contribution in [1.82, 2.24) is 0 Å². The highest BCUT2D eigenvalue weighted by atomic mass is 35.5. The molecule has 0 spiro atoms. The summed E-state index contributed by atoms with van der Waals surface area (Å²) >= 11 is 18.2. The first-order valence-corrected chi connectivity index (χ1v) is 46.6. The fourth-order valence-corrected chi connectivity index (χ4v) is 20.3. The zero-order valence-electron chi connectivity index (χ0n) is 78.6. The minimum atomic E-state index is -3.88. The second-order valence-electron chi connectivity index (χ2n) is 37.8. The number of anilines is 6. The van der Waals surface area contributed by atoms with E-state index in [-0.39, 0.29) is 139 Å². The van der Waals surface area contributed by atoms with Gasteiger partial charge in [0.15, 0.2) is 0 Å². The molecular formula is C107H93Cl3F8N6O18S. The number of amides is 4. The van der Waals surface area contributed by atoms with E-state index in [1.54, 1.807) is 113 Å². The van der Waals surface area contributed by atoms with Gasteiger partial charge >= 0.3 is 35.8 Å². The van der Waals surface area contributed by atoms with Crippen LogP contribution in [0.2, 0.25) is 15.1 Å². The Hall–Kier alpha value is -14.8. The van der Waals surface area contributed by atoms with Gasteiger partial charge in [-0.15, -0.1) is 0 Å². The maximum atomic E-state index is 14.1. The van der Waals surface area contributed by atoms with Gasteiger partial charge in [0.1, 0.15) is 51.3 Å². The van der Waals surface area contributed by atoms with E-state index in [0.29, 0.717) is 74.2 Å². The van der Waals surface area contributed by atoms with Gasteiger partial charge in [-0.1, -0.05) is 121 Å². The molecule has 0 unspecified atom stereocenters. The lowest BCUT2D eigenvalue weighted by Crippen LogP contribution is -2.36. The van der Waals surface area contributed by atoms with Crippen molar-refractivity contribution in [3.8, 4) is 0 Å². The Labute approximate surface area is 831 Å². The number of nitrogens with zero attached hydrogens (tertiary/aromatic N) is 6. The summed E-state index contributed by atoms with van der Waals surface area (Å²) in [6, 6.07) is 52.7. The fraction of sp³-hybridized carbons (Fsp3) is 0.234. The van der Waals surface area contributed by atoms with Crippen LogP contribution < -0.4 is 28.8 Å². The van der Waals surface area contributed by atoms with E-state index in [0.717, 1.165) is 57.0 Å². The number of carbonyl (C=O) groups is 10. The van der Waals surface area contributed by atoms with Crippen molar-refractivity contribution in [2.75, 3.05) is 35.3 Å². The molecule has 6 heterocycles. The molecule has 143 heavy (non-hydrogen) atoms. The summed E-state index contributed by atoms with van der Waals surface area (Å²) in [7, 11) is -3.88. The second-order valence-corrected chi connectivity index (χ2v) is 41.4. The third-order valence-electron chi connectivity index (χ3n) is 26.0. The molecule has 6 aliphatic heterocycles. The van der Waals surface area contributed by atoms with Crippen molar-refractivity contribution in [2.45, 2.75) is 154 Å². The predicted octanol–water partition coefficient (Wildman–Crippen LogP) is 22.6. The fourth-order valence-electron chi connectivity index (χ4n) is 17.9. The highest BCUT2D eigenvalue weighted by molar-refractivity contribution is 7.94. The summed E-state index contributed by atoms with van der Waals surface area (Å²) in [5.41, 5.74) is 6.49. The molecule has 0 saturated carbocycles. The van der Waals surface area contributed by atoms with Gasteiger partial charge < -0.3 is 55.1 Å². The molecule has 6 N–H and O–H groups in total. The number of aromatic carboxylic acids is 6. The molecule has 24 nitrogen and oxygen atoms in total. The van der Waals surface area contributed by atoms with Gasteiger partial charge in [-0.2, -0.15) is 0 Å². The monoisotopic (exact) mass is 2040 g/mol. The third kappa shape index (κ3) is 21.0. The van der Waals surface area contributed by atoms with Crippen molar-refractivity contribution in [2.24, 2.45) is 0 Å². The Morgan fingerprint density at radius 1 is 0.301 bits per heavy atom. The van der Waals surface area contributed by atoms with Gasteiger partial charge in [0.25, 0.3) is 0 Å². The Kier molecular flexibility index (Phi) is 29.7. The van der Waals surface area contributed by atoms with Crippen molar-refractivity contribution < 1.29 is 122 Å². The molecule has 0 saturated heterocycles. The van der Waals surface area contributed by atoms with Crippen LogP contribution in [0.15, 0.2) is 224 Å². The van der Waals surface area contributed by atoms with Crippen LogP contribution in [0.5, 0.6) is 0 Å². The number of benzene rings is 12. The summed E-state index contributed by atoms with van der Waals surface area (Å²) in [6.45, 7) is 22.1. The maximum absolute atomic E-state index is 14.1. The molecule has 18 rings (SSSR count). The van der Waals surface area contributed by atoms with Gasteiger partial charge in [-0.3, -0.25) is 23.5 Å². The first-order valence-electron chi connectivity index (χ1n) is 44.1. The van der Waals surface area contributed by atoms with Crippen LogP contribution in [0.3, 0.4) is 0 Å². The number of carboxylic acid groups (broad SMARTS) is 6. The van der Waals surface area contributed by atoms with Gasteiger partial charge in [0.2, 0.25) is 33.7 Å². The van der Waals surface area contributed by atoms with Crippen molar-refractivity contribution in [1.29, 1.82) is 0 Å². The summed E-state index contributed by atoms with van der Waals surface area (Å²) in [5.74, 6) is -12.0. The van der Waals surface area contributed by atoms with Crippen LogP contribution in [0.4, 0.5) is 69.2 Å². The lowest BCUT2D eigenvalue weighted by atomic mass is 9.86. The van der Waals surface area contributed by atoms with E-state index in [1.165, 1.54) is 150 Å². The molecule has 742 valence electrons. The number of sulfonamides is 1. The molecule has 4 amide bonds. The van der Waals surface area contributed by atoms with E-state index in [4.69, 9.17) is 45.0 Å². The summed E-state index contributed by atoms with van der Waals surface area (Å²) in [5, 5.41) is 55.8. The lowest BCUT2D eigenvalue weighted by Gasteiger charge is -2.23. The molecule has 0 bridgehead atoms. The number of fused-ring (bicyclic) bond motifs is 6. The molecule has 0 radical (unpaired) electrons. The molecule has 6 aliphatic rings. The average Bonchev–Trinajstić information content (AvgIpc) is 1.55. The first-order chi connectivity index (χ1) is 66.8. The van der Waals surface area contributed by atoms with Crippen LogP contribution >= 0.6 is 34.8 Å². The van der Waals surface area contributed by atoms with Gasteiger partial charge in [0, 0.05) is 96.4 Å². The number of halogens is 11. The van der Waals surface area contributed by atoms with Gasteiger partial charge in [-0.05, 0) is 253 Å². The normalized spacial score (nSPS) is 15.9. The highest BCUT2D eigenvalue weighted by Gasteiger charge is 2.52. The standard InChI is InChI=1S/C18H15ClFNO3.C18H17ClFNO2.2C18H15F2NO3.C18H16FNO3.C17H15ClFNO4S/c1-18(2)12-7-6-10(16(22)23)8-15(12)21(17(18)24)9-11-13(19)4-3-5-14(11)20;1-18(2)10-21(9-12-14(19)4-3-5-15(12)20)16-8-11(17(22)23)6-7-13(16)18;1-18(2)13-6-4-10(16(22)23)7-15(13)21(17(18)24)9-11-3-5-12(19)8-14(11)20;1-18(2)14-4-3-11(16(22)23)7-15(14)21(17(18)24)9-10-5-12(19)8-13(20)6-10;1-18(2)14-8-5-12(16(21)22)9-15(14)20(17(18)23)10-11-3-6-13(19)7-4-11;1-17(2)12-7-6-10(16(21)22)8-15(12)20(25(17,23)24)9-11-13(18)4-3-5-14(11)19/h3-8H,9H2,1-2H3,(H,22,23);3-8H,9-10H2,1-2H3,(H,22,23);2*3-8H,9H2,1-2H3,(H,22,23);3-9H,10H2,1-2H3,(H,21,22);3-8H,9H2,1-2H3,(H,21,22). The zero-order chi connectivity index (χ0) is 105. The Balaban J connectivity index is 0.000000144. The molecule has 36 heteroatoms. The Bertz CT molecular complexity index is 7310. The number of hydrogen-bond donors (Lipinski definition) is 6. The number of rotatable bonds is 18. The molecule has 12 aromatic carbocycles. The van der Waals surface area contributed by atoms with E-state index in [1.807, 2.05) is 24.8 Å². The predicted molar refractivity (Wildman–Crippen MR) is 523 cm³/mol. The minimum absolute atomic E-state index is 0.0347. The summed E-state index contributed by atoms with van der Waals surface area (Å²) in [4.78, 5) is 126. The number of hydrogen-bond acceptors (Lipinski definition) is 13. The van der Waals surface area contributed by atoms with Crippen LogP contribution in [0, 0.1) is 46.5 Å². The number of carboxylic acids is 6. The zero-order valence-corrected chi connectivity index (χ0v) is 81.7. The van der Waals surface area contributed by atoms with E-state index >= 15 is 0 Å².